The summed E-state index contributed by atoms with van der Waals surface area (Å²) in [6.07, 6.45) is 1.90. The van der Waals surface area contributed by atoms with Crippen LogP contribution in [0.4, 0.5) is 17.1 Å². The van der Waals surface area contributed by atoms with E-state index in [9.17, 15) is 9.90 Å². The van der Waals surface area contributed by atoms with Gasteiger partial charge in [0.2, 0.25) is 17.1 Å². The second-order valence-corrected chi connectivity index (χ2v) is 10.0. The van der Waals surface area contributed by atoms with Gasteiger partial charge in [0.15, 0.2) is 0 Å². The number of para-hydroxylation sites is 2. The molecule has 5 aromatic rings. The smallest absolute Gasteiger partial charge is 0.303 e. The van der Waals surface area contributed by atoms with Crippen molar-refractivity contribution in [1.29, 1.82) is 0 Å². The molecule has 4 heteroatoms. The van der Waals surface area contributed by atoms with Gasteiger partial charge in [-0.3, -0.25) is 4.79 Å². The van der Waals surface area contributed by atoms with Crippen molar-refractivity contribution >= 4 is 33.9 Å². The first-order valence-corrected chi connectivity index (χ1v) is 12.7. The lowest BCUT2D eigenvalue weighted by Crippen LogP contribution is -2.42. The molecule has 1 aliphatic heterocycles. The normalized spacial score (nSPS) is 15.4. The highest BCUT2D eigenvalue weighted by atomic mass is 16.3. The first-order valence-electron chi connectivity index (χ1n) is 12.7. The number of rotatable bonds is 4. The summed E-state index contributed by atoms with van der Waals surface area (Å²) < 4.78 is 1.83. The summed E-state index contributed by atoms with van der Waals surface area (Å²) in [4.78, 5) is 16.0. The highest BCUT2D eigenvalue weighted by Gasteiger charge is 2.41. The molecule has 0 bridgehead atoms. The second-order valence-electron chi connectivity index (χ2n) is 10.0. The zero-order valence-corrected chi connectivity index (χ0v) is 21.3. The lowest BCUT2D eigenvalue weighted by atomic mass is 9.82. The van der Waals surface area contributed by atoms with Crippen LogP contribution in [0, 0.1) is 0 Å². The Kier molecular flexibility index (Phi) is 5.34. The zero-order valence-electron chi connectivity index (χ0n) is 21.3. The first-order chi connectivity index (χ1) is 17.9. The number of allylic oxidation sites excluding steroid dienone is 1. The van der Waals surface area contributed by atoms with Gasteiger partial charge in [0.1, 0.15) is 0 Å². The van der Waals surface area contributed by atoms with Crippen molar-refractivity contribution in [2.24, 2.45) is 0 Å². The Morgan fingerprint density at radius 3 is 2.03 bits per heavy atom. The number of fused-ring (bicyclic) bond motifs is 3. The van der Waals surface area contributed by atoms with Gasteiger partial charge in [-0.2, -0.15) is 0 Å². The molecule has 1 aliphatic rings. The Bertz CT molecular complexity index is 1710. The molecule has 0 amide bonds. The molecule has 0 aliphatic carbocycles. The first kappa shape index (κ1) is 23.0. The number of likely N-dealkylation sites (N-methyl/N-ethyl adjacent to an activating group) is 1. The van der Waals surface area contributed by atoms with Gasteiger partial charge in [-0.1, -0.05) is 86.6 Å². The Hall–Kier alpha value is -4.44. The molecule has 0 aromatic heterocycles. The highest BCUT2D eigenvalue weighted by molar-refractivity contribution is 6.00. The molecule has 5 aromatic carbocycles. The van der Waals surface area contributed by atoms with Gasteiger partial charge in [0.05, 0.1) is 11.3 Å². The summed E-state index contributed by atoms with van der Waals surface area (Å²) in [6.45, 7) is 7.26. The molecular formula is C33H29N2O2+. The molecule has 0 saturated carbocycles. The average Bonchev–Trinajstić information content (AvgIpc) is 3.16. The monoisotopic (exact) mass is 485 g/mol. The van der Waals surface area contributed by atoms with Crippen LogP contribution >= 0.6 is 0 Å². The van der Waals surface area contributed by atoms with Crippen molar-refractivity contribution in [3.63, 3.8) is 0 Å². The molecule has 6 rings (SSSR count). The summed E-state index contributed by atoms with van der Waals surface area (Å²) in [5.74, 6) is 0.0258. The Morgan fingerprint density at radius 2 is 1.43 bits per heavy atom. The third kappa shape index (κ3) is 3.44. The molecule has 0 atom stereocenters. The van der Waals surface area contributed by atoms with Crippen molar-refractivity contribution in [2.45, 2.75) is 26.2 Å². The van der Waals surface area contributed by atoms with Crippen LogP contribution in [0.25, 0.3) is 16.8 Å². The van der Waals surface area contributed by atoms with Crippen LogP contribution in [-0.2, 0) is 5.41 Å². The van der Waals surface area contributed by atoms with E-state index in [1.54, 1.807) is 0 Å². The quantitative estimate of drug-likeness (QED) is 0.301. The van der Waals surface area contributed by atoms with Crippen molar-refractivity contribution in [1.82, 2.24) is 4.58 Å². The zero-order chi connectivity index (χ0) is 25.7. The van der Waals surface area contributed by atoms with Gasteiger partial charge in [0, 0.05) is 47.3 Å². The number of benzene rings is 4. The summed E-state index contributed by atoms with van der Waals surface area (Å²) in [5.41, 5.74) is 4.94. The van der Waals surface area contributed by atoms with E-state index in [-0.39, 0.29) is 16.6 Å². The largest absolute Gasteiger partial charge is 0.502 e. The van der Waals surface area contributed by atoms with Gasteiger partial charge in [-0.25, -0.2) is 0 Å². The van der Waals surface area contributed by atoms with Crippen molar-refractivity contribution < 1.29 is 5.11 Å². The molecule has 0 spiro atoms. The van der Waals surface area contributed by atoms with E-state index < -0.39 is 0 Å². The number of hydrogen-bond donors (Lipinski definition) is 1. The Balaban J connectivity index is 1.57. The molecule has 37 heavy (non-hydrogen) atoms. The minimum absolute atomic E-state index is 0.0258. The van der Waals surface area contributed by atoms with Crippen LogP contribution in [0.15, 0.2) is 108 Å². The molecular weight excluding hydrogens is 456 g/mol. The van der Waals surface area contributed by atoms with Crippen LogP contribution in [0.3, 0.4) is 0 Å². The van der Waals surface area contributed by atoms with Crippen LogP contribution in [0.2, 0.25) is 0 Å². The predicted molar refractivity (Wildman–Crippen MR) is 152 cm³/mol. The van der Waals surface area contributed by atoms with Gasteiger partial charge in [0.25, 0.3) is 5.43 Å². The Morgan fingerprint density at radius 1 is 0.838 bits per heavy atom. The van der Waals surface area contributed by atoms with E-state index in [1.807, 2.05) is 71.3 Å². The maximum absolute atomic E-state index is 13.7. The number of hydrogen-bond acceptors (Lipinski definition) is 3. The van der Waals surface area contributed by atoms with E-state index >= 15 is 0 Å². The summed E-state index contributed by atoms with van der Waals surface area (Å²) in [7, 11) is 0. The van der Waals surface area contributed by atoms with Gasteiger partial charge in [-0.05, 0) is 23.9 Å². The van der Waals surface area contributed by atoms with Crippen molar-refractivity contribution in [3.05, 3.63) is 129 Å². The number of aromatic hydroxyl groups is 1. The maximum Gasteiger partial charge on any atom is 0.303 e. The van der Waals surface area contributed by atoms with Crippen LogP contribution in [-0.4, -0.2) is 11.7 Å². The van der Waals surface area contributed by atoms with Gasteiger partial charge in [-0.15, -0.1) is 4.58 Å². The summed E-state index contributed by atoms with van der Waals surface area (Å²) in [6, 6.07) is 32.1. The topological polar surface area (TPSA) is 43.5 Å². The second kappa shape index (κ2) is 8.59. The maximum atomic E-state index is 13.7. The predicted octanol–water partition coefficient (Wildman–Crippen LogP) is 6.38. The molecule has 1 N–H and O–H groups in total. The Labute approximate surface area is 216 Å². The molecule has 0 fully saturated rings. The fourth-order valence-electron chi connectivity index (χ4n) is 5.68. The molecule has 4 nitrogen and oxygen atoms in total. The van der Waals surface area contributed by atoms with Crippen LogP contribution in [0.5, 0.6) is 5.75 Å². The minimum Gasteiger partial charge on any atom is -0.502 e. The van der Waals surface area contributed by atoms with E-state index in [0.29, 0.717) is 10.9 Å². The van der Waals surface area contributed by atoms with Gasteiger partial charge < -0.3 is 10.0 Å². The fourth-order valence-corrected chi connectivity index (χ4v) is 5.68. The fraction of sp³-hybridized carbons (Fsp3) is 0.152. The molecule has 0 saturated heterocycles. The van der Waals surface area contributed by atoms with E-state index in [0.717, 1.165) is 23.6 Å². The van der Waals surface area contributed by atoms with E-state index in [2.05, 4.69) is 62.1 Å². The molecule has 182 valence electrons. The van der Waals surface area contributed by atoms with Crippen molar-refractivity contribution in [3.8, 4) is 5.75 Å². The lowest BCUT2D eigenvalue weighted by Gasteiger charge is -2.26. The average molecular weight is 486 g/mol. The minimum atomic E-state index is -0.322. The summed E-state index contributed by atoms with van der Waals surface area (Å²) >= 11 is 0. The SMILES string of the molecule is CCN1C(=Cc2c(O)c(=[N+](c3ccccc3)c3ccccc3)c2=O)C(C)(C)c2ccc3ccccc3c21. The third-order valence-corrected chi connectivity index (χ3v) is 7.56. The third-order valence-electron chi connectivity index (χ3n) is 7.56. The van der Waals surface area contributed by atoms with E-state index in [1.165, 1.54) is 22.0 Å². The number of nitrogens with zero attached hydrogens (tertiary/aromatic N) is 2. The summed E-state index contributed by atoms with van der Waals surface area (Å²) in [5, 5.41) is 14.0. The molecule has 0 radical (unpaired) electrons. The van der Waals surface area contributed by atoms with E-state index in [4.69, 9.17) is 0 Å². The molecule has 0 unspecified atom stereocenters. The molecule has 1 heterocycles. The van der Waals surface area contributed by atoms with Crippen molar-refractivity contribution in [2.75, 3.05) is 11.4 Å². The number of anilines is 1. The van der Waals surface area contributed by atoms with Crippen LogP contribution < -0.4 is 20.3 Å². The van der Waals surface area contributed by atoms with Gasteiger partial charge >= 0.3 is 5.36 Å². The van der Waals surface area contributed by atoms with Crippen LogP contribution in [0.1, 0.15) is 31.9 Å². The lowest BCUT2D eigenvalue weighted by molar-refractivity contribution is 0.454. The standard InChI is InChI=1S/C33H28N2O2/c1-4-34-28(33(2,3)27-20-19-22-13-11-12-18-25(22)29(27)34)21-26-31(36)30(32(26)37)35(23-14-7-5-8-15-23)24-16-9-6-10-17-24/h5-21H,4H2,1-3H3/p+1. The highest BCUT2D eigenvalue weighted by Crippen LogP contribution is 2.51.